The number of ether oxygens (including phenoxy) is 1. The molecule has 2 aliphatic rings. The third-order valence-corrected chi connectivity index (χ3v) is 5.57. The van der Waals surface area contributed by atoms with Gasteiger partial charge in [0.1, 0.15) is 5.75 Å². The van der Waals surface area contributed by atoms with Crippen molar-refractivity contribution in [1.29, 1.82) is 0 Å². The zero-order chi connectivity index (χ0) is 19.2. The Hall–Kier alpha value is -1.79. The van der Waals surface area contributed by atoms with Crippen LogP contribution in [0.5, 0.6) is 5.75 Å². The molecule has 0 saturated carbocycles. The Morgan fingerprint density at radius 2 is 1.71 bits per heavy atom. The molecule has 0 radical (unpaired) electrons. The first-order valence-corrected chi connectivity index (χ1v) is 10.1. The molecule has 3 rings (SSSR count). The molecule has 0 aromatic heterocycles. The predicted octanol–water partition coefficient (Wildman–Crippen LogP) is 2.71. The van der Waals surface area contributed by atoms with Gasteiger partial charge < -0.3 is 19.9 Å². The van der Waals surface area contributed by atoms with Gasteiger partial charge in [-0.15, -0.1) is 12.4 Å². The normalized spacial score (nSPS) is 22.8. The number of piperidine rings is 1. The predicted molar refractivity (Wildman–Crippen MR) is 112 cm³/mol. The highest BCUT2D eigenvalue weighted by Crippen LogP contribution is 2.23. The fourth-order valence-corrected chi connectivity index (χ4v) is 4.06. The number of carbonyl (C=O) groups is 2. The monoisotopic (exact) mass is 409 g/mol. The first-order valence-electron chi connectivity index (χ1n) is 10.1. The molecule has 6 nitrogen and oxygen atoms in total. The summed E-state index contributed by atoms with van der Waals surface area (Å²) < 4.78 is 5.69. The van der Waals surface area contributed by atoms with Gasteiger partial charge >= 0.3 is 0 Å². The summed E-state index contributed by atoms with van der Waals surface area (Å²) in [5.41, 5.74) is 0.661. The second kappa shape index (κ2) is 10.7. The van der Waals surface area contributed by atoms with Gasteiger partial charge in [-0.25, -0.2) is 0 Å². The second-order valence-corrected chi connectivity index (χ2v) is 7.64. The van der Waals surface area contributed by atoms with Crippen molar-refractivity contribution in [2.24, 2.45) is 0 Å². The van der Waals surface area contributed by atoms with E-state index in [9.17, 15) is 9.59 Å². The van der Waals surface area contributed by atoms with Crippen LogP contribution < -0.4 is 10.1 Å². The van der Waals surface area contributed by atoms with Crippen LogP contribution in [0.4, 0.5) is 0 Å². The van der Waals surface area contributed by atoms with Gasteiger partial charge in [0.15, 0.2) is 6.61 Å². The summed E-state index contributed by atoms with van der Waals surface area (Å²) in [6.07, 6.45) is 4.26. The quantitative estimate of drug-likeness (QED) is 0.830. The summed E-state index contributed by atoms with van der Waals surface area (Å²) in [5.74, 6) is 0.707. The second-order valence-electron chi connectivity index (χ2n) is 7.64. The van der Waals surface area contributed by atoms with Gasteiger partial charge in [0, 0.05) is 37.3 Å². The highest BCUT2D eigenvalue weighted by Gasteiger charge is 2.29. The van der Waals surface area contributed by atoms with Crippen LogP contribution >= 0.6 is 12.4 Å². The summed E-state index contributed by atoms with van der Waals surface area (Å²) >= 11 is 0. The number of nitrogens with one attached hydrogen (secondary N) is 1. The number of rotatable bonds is 4. The Morgan fingerprint density at radius 1 is 1.04 bits per heavy atom. The highest BCUT2D eigenvalue weighted by molar-refractivity contribution is 5.94. The van der Waals surface area contributed by atoms with Gasteiger partial charge in [-0.2, -0.15) is 0 Å². The molecule has 156 valence electrons. The summed E-state index contributed by atoms with van der Waals surface area (Å²) in [6.45, 7) is 7.56. The van der Waals surface area contributed by atoms with E-state index in [4.69, 9.17) is 4.74 Å². The highest BCUT2D eigenvalue weighted by atomic mass is 35.5. The van der Waals surface area contributed by atoms with Crippen molar-refractivity contribution in [3.63, 3.8) is 0 Å². The Balaban J connectivity index is 0.00000280. The molecule has 1 N–H and O–H groups in total. The molecule has 1 aromatic carbocycles. The fraction of sp³-hybridized carbons (Fsp3) is 0.619. The lowest BCUT2D eigenvalue weighted by molar-refractivity contribution is -0.139. The van der Waals surface area contributed by atoms with Crippen LogP contribution in [-0.2, 0) is 4.79 Å². The van der Waals surface area contributed by atoms with Gasteiger partial charge in [-0.3, -0.25) is 9.59 Å². The molecule has 7 heteroatoms. The van der Waals surface area contributed by atoms with Gasteiger partial charge in [0.05, 0.1) is 0 Å². The molecule has 2 heterocycles. The zero-order valence-electron chi connectivity index (χ0n) is 16.9. The van der Waals surface area contributed by atoms with E-state index in [0.717, 1.165) is 45.4 Å². The number of benzene rings is 1. The third kappa shape index (κ3) is 5.61. The SMILES string of the molecule is CC1CCCC(C)N1C(=O)COc1ccc(C(=O)N2CCCNCC2)cc1.Cl. The molecule has 0 aliphatic carbocycles. The molecule has 2 fully saturated rings. The van der Waals surface area contributed by atoms with Crippen LogP contribution in [0, 0.1) is 0 Å². The largest absolute Gasteiger partial charge is 0.484 e. The lowest BCUT2D eigenvalue weighted by Gasteiger charge is -2.38. The number of likely N-dealkylation sites (tertiary alicyclic amines) is 1. The van der Waals surface area contributed by atoms with E-state index < -0.39 is 0 Å². The van der Waals surface area contributed by atoms with Crippen molar-refractivity contribution in [1.82, 2.24) is 15.1 Å². The first kappa shape index (κ1) is 22.5. The summed E-state index contributed by atoms with van der Waals surface area (Å²) in [6, 6.07) is 7.67. The number of amides is 2. The van der Waals surface area contributed by atoms with Gasteiger partial charge in [0.2, 0.25) is 0 Å². The van der Waals surface area contributed by atoms with Gasteiger partial charge in [-0.05, 0) is 70.3 Å². The molecule has 0 spiro atoms. The number of hydrogen-bond acceptors (Lipinski definition) is 4. The van der Waals surface area contributed by atoms with E-state index in [2.05, 4.69) is 19.2 Å². The Morgan fingerprint density at radius 3 is 2.39 bits per heavy atom. The van der Waals surface area contributed by atoms with E-state index in [1.807, 2.05) is 9.80 Å². The third-order valence-electron chi connectivity index (χ3n) is 5.57. The van der Waals surface area contributed by atoms with Crippen molar-refractivity contribution >= 4 is 24.2 Å². The minimum absolute atomic E-state index is 0. The van der Waals surface area contributed by atoms with Crippen molar-refractivity contribution < 1.29 is 14.3 Å². The van der Waals surface area contributed by atoms with Crippen molar-refractivity contribution in [2.75, 3.05) is 32.8 Å². The number of nitrogens with zero attached hydrogens (tertiary/aromatic N) is 2. The lowest BCUT2D eigenvalue weighted by Crippen LogP contribution is -2.49. The molecule has 2 saturated heterocycles. The Labute approximate surface area is 174 Å². The van der Waals surface area contributed by atoms with Crippen LogP contribution in [0.15, 0.2) is 24.3 Å². The molecule has 28 heavy (non-hydrogen) atoms. The Kier molecular flexibility index (Phi) is 8.58. The number of hydrogen-bond donors (Lipinski definition) is 1. The van der Waals surface area contributed by atoms with Crippen molar-refractivity contribution in [2.45, 2.75) is 51.6 Å². The van der Waals surface area contributed by atoms with E-state index in [1.54, 1.807) is 24.3 Å². The smallest absolute Gasteiger partial charge is 0.260 e. The number of carbonyl (C=O) groups excluding carboxylic acids is 2. The average molecular weight is 410 g/mol. The molecule has 1 aromatic rings. The zero-order valence-corrected chi connectivity index (χ0v) is 17.7. The molecule has 2 aliphatic heterocycles. The van der Waals surface area contributed by atoms with Crippen LogP contribution in [0.2, 0.25) is 0 Å². The van der Waals surface area contributed by atoms with Crippen molar-refractivity contribution in [3.05, 3.63) is 29.8 Å². The summed E-state index contributed by atoms with van der Waals surface area (Å²) in [5, 5.41) is 3.30. The minimum Gasteiger partial charge on any atom is -0.484 e. The minimum atomic E-state index is 0. The summed E-state index contributed by atoms with van der Waals surface area (Å²) in [7, 11) is 0. The molecular formula is C21H32ClN3O3. The first-order chi connectivity index (χ1) is 13.1. The number of halogens is 1. The van der Waals surface area contributed by atoms with Crippen LogP contribution in [0.3, 0.4) is 0 Å². The Bertz CT molecular complexity index is 635. The van der Waals surface area contributed by atoms with E-state index in [0.29, 0.717) is 11.3 Å². The molecular weight excluding hydrogens is 378 g/mol. The maximum Gasteiger partial charge on any atom is 0.260 e. The van der Waals surface area contributed by atoms with Crippen molar-refractivity contribution in [3.8, 4) is 5.75 Å². The topological polar surface area (TPSA) is 61.9 Å². The maximum atomic E-state index is 12.6. The summed E-state index contributed by atoms with van der Waals surface area (Å²) in [4.78, 5) is 29.0. The van der Waals surface area contributed by atoms with Gasteiger partial charge in [-0.1, -0.05) is 0 Å². The van der Waals surface area contributed by atoms with E-state index in [1.165, 1.54) is 6.42 Å². The molecule has 0 bridgehead atoms. The van der Waals surface area contributed by atoms with E-state index in [-0.39, 0.29) is 42.9 Å². The van der Waals surface area contributed by atoms with Crippen LogP contribution in [0.25, 0.3) is 0 Å². The average Bonchev–Trinajstić information content (AvgIpc) is 2.95. The molecule has 2 unspecified atom stereocenters. The van der Waals surface area contributed by atoms with E-state index >= 15 is 0 Å². The van der Waals surface area contributed by atoms with Crippen LogP contribution in [0.1, 0.15) is 49.9 Å². The fourth-order valence-electron chi connectivity index (χ4n) is 4.06. The molecule has 2 atom stereocenters. The van der Waals surface area contributed by atoms with Crippen LogP contribution in [-0.4, -0.2) is 66.5 Å². The molecule has 2 amide bonds. The van der Waals surface area contributed by atoms with Gasteiger partial charge in [0.25, 0.3) is 11.8 Å². The maximum absolute atomic E-state index is 12.6. The lowest BCUT2D eigenvalue weighted by atomic mass is 9.97. The standard InChI is InChI=1S/C21H31N3O3.ClH/c1-16-5-3-6-17(2)24(16)20(25)15-27-19-9-7-18(8-10-19)21(26)23-13-4-11-22-12-14-23;/h7-10,16-17,22H,3-6,11-15H2,1-2H3;1H.